The van der Waals surface area contributed by atoms with E-state index in [1.54, 1.807) is 23.0 Å². The fraction of sp³-hybridized carbons (Fsp3) is 0.167. The van der Waals surface area contributed by atoms with Crippen molar-refractivity contribution in [2.24, 2.45) is 0 Å². The minimum atomic E-state index is -0.607. The highest BCUT2D eigenvalue weighted by atomic mass is 19.1. The van der Waals surface area contributed by atoms with Crippen molar-refractivity contribution in [1.82, 2.24) is 5.27 Å². The summed E-state index contributed by atoms with van der Waals surface area (Å²) in [7, 11) is 0. The molecular weight excluding hydrogens is 323 g/mol. The molecule has 7 heteroatoms. The lowest BCUT2D eigenvalue weighted by Crippen LogP contribution is -2.40. The van der Waals surface area contributed by atoms with Gasteiger partial charge in [-0.3, -0.25) is 9.84 Å². The number of nitrogens with zero attached hydrogens (tertiary/aromatic N) is 2. The van der Waals surface area contributed by atoms with Gasteiger partial charge in [-0.15, -0.1) is 0 Å². The smallest absolute Gasteiger partial charge is 0.305 e. The van der Waals surface area contributed by atoms with Gasteiger partial charge in [-0.25, -0.2) is 9.18 Å². The van der Waals surface area contributed by atoms with Crippen LogP contribution in [0.25, 0.3) is 0 Å². The average Bonchev–Trinajstić information content (AvgIpc) is 3.06. The molecule has 0 spiro atoms. The highest BCUT2D eigenvalue weighted by Gasteiger charge is 2.21. The van der Waals surface area contributed by atoms with E-state index >= 15 is 0 Å². The molecule has 6 nitrogen and oxygen atoms in total. The lowest BCUT2D eigenvalue weighted by molar-refractivity contribution is -0.782. The van der Waals surface area contributed by atoms with E-state index in [2.05, 4.69) is 15.9 Å². The van der Waals surface area contributed by atoms with E-state index in [4.69, 9.17) is 4.52 Å². The number of rotatable bonds is 5. The third-order valence-electron chi connectivity index (χ3n) is 3.67. The molecule has 3 rings (SSSR count). The van der Waals surface area contributed by atoms with Crippen molar-refractivity contribution in [3.63, 3.8) is 0 Å². The predicted octanol–water partition coefficient (Wildman–Crippen LogP) is 3.55. The van der Waals surface area contributed by atoms with Gasteiger partial charge in [-0.2, -0.15) is 0 Å². The number of hydrogen-bond acceptors (Lipinski definition) is 3. The SMILES string of the molecule is CC(Cc1ccccc1)[n+]1cc(NC(=O)Nc2ccccc2F)on1. The quantitative estimate of drug-likeness (QED) is 0.697. The predicted molar refractivity (Wildman–Crippen MR) is 90.6 cm³/mol. The monoisotopic (exact) mass is 341 g/mol. The summed E-state index contributed by atoms with van der Waals surface area (Å²) < 4.78 is 20.3. The highest BCUT2D eigenvalue weighted by molar-refractivity contribution is 5.98. The first-order chi connectivity index (χ1) is 12.1. The van der Waals surface area contributed by atoms with Crippen LogP contribution < -0.4 is 15.3 Å². The van der Waals surface area contributed by atoms with Crippen LogP contribution in [0.2, 0.25) is 0 Å². The summed E-state index contributed by atoms with van der Waals surface area (Å²) in [6.45, 7) is 2.00. The van der Waals surface area contributed by atoms with E-state index in [-0.39, 0.29) is 17.6 Å². The topological polar surface area (TPSA) is 71.0 Å². The molecule has 0 aliphatic rings. The first-order valence-electron chi connectivity index (χ1n) is 7.86. The summed E-state index contributed by atoms with van der Waals surface area (Å²) in [6, 6.07) is 15.4. The molecule has 0 aliphatic carbocycles. The van der Waals surface area contributed by atoms with Crippen LogP contribution in [0.15, 0.2) is 65.3 Å². The Morgan fingerprint density at radius 1 is 1.16 bits per heavy atom. The zero-order valence-corrected chi connectivity index (χ0v) is 13.6. The number of hydrogen-bond donors (Lipinski definition) is 2. The zero-order chi connectivity index (χ0) is 17.6. The molecule has 0 fully saturated rings. The maximum atomic E-state index is 13.5. The first kappa shape index (κ1) is 16.6. The van der Waals surface area contributed by atoms with Crippen LogP contribution in [0.3, 0.4) is 0 Å². The second kappa shape index (κ2) is 7.57. The normalized spacial score (nSPS) is 11.8. The lowest BCUT2D eigenvalue weighted by atomic mass is 10.1. The van der Waals surface area contributed by atoms with E-state index in [9.17, 15) is 9.18 Å². The summed E-state index contributed by atoms with van der Waals surface area (Å²) in [5, 5.41) is 8.82. The van der Waals surface area contributed by atoms with Crippen LogP contribution in [0.1, 0.15) is 18.5 Å². The Morgan fingerprint density at radius 3 is 2.64 bits per heavy atom. The molecule has 1 heterocycles. The van der Waals surface area contributed by atoms with Gasteiger partial charge in [0.15, 0.2) is 6.04 Å². The van der Waals surface area contributed by atoms with Crippen LogP contribution in [-0.2, 0) is 6.42 Å². The number of urea groups is 1. The maximum Gasteiger partial charge on any atom is 0.326 e. The van der Waals surface area contributed by atoms with E-state index < -0.39 is 11.8 Å². The van der Waals surface area contributed by atoms with E-state index in [1.807, 2.05) is 37.3 Å². The van der Waals surface area contributed by atoms with Gasteiger partial charge in [-0.05, 0) is 22.4 Å². The third kappa shape index (κ3) is 4.41. The Morgan fingerprint density at radius 2 is 1.88 bits per heavy atom. The van der Waals surface area contributed by atoms with Crippen LogP contribution in [0.4, 0.5) is 20.8 Å². The van der Waals surface area contributed by atoms with Crippen molar-refractivity contribution >= 4 is 17.6 Å². The molecule has 0 saturated heterocycles. The second-order valence-electron chi connectivity index (χ2n) is 5.64. The number of carbonyl (C=O) groups is 1. The molecule has 2 amide bonds. The maximum absolute atomic E-state index is 13.5. The van der Waals surface area contributed by atoms with Crippen LogP contribution in [0.5, 0.6) is 0 Å². The molecule has 128 valence electrons. The molecule has 1 aromatic heterocycles. The minimum Gasteiger partial charge on any atom is -0.305 e. The van der Waals surface area contributed by atoms with Gasteiger partial charge in [0.25, 0.3) is 6.20 Å². The Balaban J connectivity index is 1.59. The summed E-state index contributed by atoms with van der Waals surface area (Å²) >= 11 is 0. The second-order valence-corrected chi connectivity index (χ2v) is 5.64. The number of anilines is 2. The van der Waals surface area contributed by atoms with Crippen LogP contribution in [0, 0.1) is 5.82 Å². The largest absolute Gasteiger partial charge is 0.326 e. The van der Waals surface area contributed by atoms with E-state index in [0.29, 0.717) is 0 Å². The Hall–Kier alpha value is -3.22. The van der Waals surface area contributed by atoms with Gasteiger partial charge in [0, 0.05) is 13.3 Å². The molecule has 25 heavy (non-hydrogen) atoms. The fourth-order valence-electron chi connectivity index (χ4n) is 2.40. The van der Waals surface area contributed by atoms with Gasteiger partial charge in [0.2, 0.25) is 5.27 Å². The number of carbonyl (C=O) groups excluding carboxylic acids is 1. The third-order valence-corrected chi connectivity index (χ3v) is 3.67. The molecule has 3 aromatic rings. The standard InChI is InChI=1S/C18H17FN4O2/c1-13(11-14-7-3-2-4-8-14)23-12-17(25-22-23)21-18(24)20-16-10-6-5-9-15(16)19/h2-10,12-13H,11H2,1H3,(H-,20,21,22,24)/p+1. The summed E-state index contributed by atoms with van der Waals surface area (Å²) in [4.78, 5) is 11.9. The molecule has 0 aliphatic heterocycles. The number of amides is 2. The molecule has 1 atom stereocenters. The number of aromatic nitrogens is 2. The molecule has 0 saturated carbocycles. The number of halogens is 1. The van der Waals surface area contributed by atoms with Crippen molar-refractivity contribution in [2.75, 3.05) is 10.6 Å². The van der Waals surface area contributed by atoms with Crippen molar-refractivity contribution in [1.29, 1.82) is 0 Å². The lowest BCUT2D eigenvalue weighted by Gasteiger charge is -2.04. The summed E-state index contributed by atoms with van der Waals surface area (Å²) in [6.07, 6.45) is 2.37. The molecule has 2 aromatic carbocycles. The Kier molecular flexibility index (Phi) is 5.03. The van der Waals surface area contributed by atoms with Crippen molar-refractivity contribution in [3.05, 3.63) is 72.2 Å². The van der Waals surface area contributed by atoms with Crippen LogP contribution >= 0.6 is 0 Å². The number of para-hydroxylation sites is 1. The van der Waals surface area contributed by atoms with Crippen molar-refractivity contribution in [3.8, 4) is 0 Å². The molecular formula is C18H18FN4O2+. The number of benzene rings is 2. The molecule has 0 radical (unpaired) electrons. The molecule has 0 bridgehead atoms. The Bertz CT molecular complexity index is 851. The first-order valence-corrected chi connectivity index (χ1v) is 7.86. The Labute approximate surface area is 144 Å². The van der Waals surface area contributed by atoms with Crippen LogP contribution in [-0.4, -0.2) is 11.3 Å². The van der Waals surface area contributed by atoms with Gasteiger partial charge in [-0.1, -0.05) is 42.5 Å². The van der Waals surface area contributed by atoms with Gasteiger partial charge in [0.1, 0.15) is 5.82 Å². The number of nitrogens with one attached hydrogen (secondary N) is 2. The van der Waals surface area contributed by atoms with E-state index in [1.165, 1.54) is 17.7 Å². The molecule has 1 unspecified atom stereocenters. The van der Waals surface area contributed by atoms with Crippen molar-refractivity contribution in [2.45, 2.75) is 19.4 Å². The van der Waals surface area contributed by atoms with Crippen molar-refractivity contribution < 1.29 is 18.4 Å². The fourth-order valence-corrected chi connectivity index (χ4v) is 2.40. The average molecular weight is 341 g/mol. The minimum absolute atomic E-state index is 0.0522. The molecule has 2 N–H and O–H groups in total. The van der Waals surface area contributed by atoms with Gasteiger partial charge in [0.05, 0.1) is 5.69 Å². The summed E-state index contributed by atoms with van der Waals surface area (Å²) in [5.41, 5.74) is 1.27. The summed E-state index contributed by atoms with van der Waals surface area (Å²) in [5.74, 6) is -0.337. The van der Waals surface area contributed by atoms with Gasteiger partial charge < -0.3 is 5.32 Å². The van der Waals surface area contributed by atoms with E-state index in [0.717, 1.165) is 6.42 Å². The van der Waals surface area contributed by atoms with Gasteiger partial charge >= 0.3 is 11.9 Å². The highest BCUT2D eigenvalue weighted by Crippen LogP contribution is 2.13. The zero-order valence-electron chi connectivity index (χ0n) is 13.6.